The van der Waals surface area contributed by atoms with Crippen molar-refractivity contribution >= 4 is 52.2 Å². The van der Waals surface area contributed by atoms with E-state index in [0.717, 1.165) is 22.5 Å². The van der Waals surface area contributed by atoms with Crippen molar-refractivity contribution in [3.05, 3.63) is 59.9 Å². The molecule has 1 amide bonds. The minimum atomic E-state index is -0.292. The Hall–Kier alpha value is -4.18. The maximum Gasteiger partial charge on any atom is 0.257 e. The second-order valence-corrected chi connectivity index (χ2v) is 9.69. The van der Waals surface area contributed by atoms with Gasteiger partial charge in [0.25, 0.3) is 5.91 Å². The number of pyridine rings is 1. The molecule has 3 aromatic heterocycles. The van der Waals surface area contributed by atoms with Gasteiger partial charge in [0.1, 0.15) is 28.4 Å². The van der Waals surface area contributed by atoms with Crippen LogP contribution in [0.4, 0.5) is 16.0 Å². The fourth-order valence-electron chi connectivity index (χ4n) is 4.87. The number of furan rings is 1. The summed E-state index contributed by atoms with van der Waals surface area (Å²) in [5.41, 5.74) is 5.27. The first-order valence-corrected chi connectivity index (χ1v) is 12.0. The summed E-state index contributed by atoms with van der Waals surface area (Å²) in [6.45, 7) is 0.269. The molecule has 1 aliphatic heterocycles. The fourth-order valence-corrected chi connectivity index (χ4v) is 5.03. The number of anilines is 2. The number of hydrogen-bond acceptors (Lipinski definition) is 7. The molecule has 1 aliphatic rings. The summed E-state index contributed by atoms with van der Waals surface area (Å²) in [4.78, 5) is 19.6. The SMILES string of the molecule is CNC(=O)c1c(N(C)C)oc2cc(N(C)S)c(-c3ccc4c(n3)-c3cc5c(F)cccc5n3CO4)cc12. The van der Waals surface area contributed by atoms with Crippen LogP contribution in [0.3, 0.4) is 0 Å². The predicted octanol–water partition coefficient (Wildman–Crippen LogP) is 5.31. The van der Waals surface area contributed by atoms with Crippen LogP contribution in [0.1, 0.15) is 10.4 Å². The van der Waals surface area contributed by atoms with E-state index in [1.807, 2.05) is 56.0 Å². The Labute approximate surface area is 217 Å². The van der Waals surface area contributed by atoms with Crippen LogP contribution in [0.2, 0.25) is 0 Å². The second kappa shape index (κ2) is 8.45. The maximum atomic E-state index is 14.5. The van der Waals surface area contributed by atoms with Crippen molar-refractivity contribution in [2.24, 2.45) is 0 Å². The average Bonchev–Trinajstić information content (AvgIpc) is 3.47. The Morgan fingerprint density at radius 3 is 2.68 bits per heavy atom. The van der Waals surface area contributed by atoms with Gasteiger partial charge < -0.3 is 28.2 Å². The molecule has 8 nitrogen and oxygen atoms in total. The number of nitrogens with one attached hydrogen (secondary N) is 1. The van der Waals surface area contributed by atoms with Crippen molar-refractivity contribution in [2.45, 2.75) is 6.73 Å². The number of amides is 1. The van der Waals surface area contributed by atoms with Gasteiger partial charge in [0.05, 0.1) is 22.6 Å². The third-order valence-corrected chi connectivity index (χ3v) is 6.83. The van der Waals surface area contributed by atoms with Crippen LogP contribution < -0.4 is 19.3 Å². The number of thiol groups is 1. The zero-order chi connectivity index (χ0) is 26.0. The van der Waals surface area contributed by atoms with E-state index in [1.54, 1.807) is 28.4 Å². The highest BCUT2D eigenvalue weighted by Gasteiger charge is 2.26. The van der Waals surface area contributed by atoms with E-state index < -0.39 is 0 Å². The van der Waals surface area contributed by atoms with Crippen molar-refractivity contribution in [3.63, 3.8) is 0 Å². The zero-order valence-corrected chi connectivity index (χ0v) is 21.6. The minimum absolute atomic E-state index is 0.251. The number of carbonyl (C=O) groups is 1. The largest absolute Gasteiger partial charge is 0.470 e. The van der Waals surface area contributed by atoms with Gasteiger partial charge in [0.2, 0.25) is 5.88 Å². The number of hydrogen-bond donors (Lipinski definition) is 2. The smallest absolute Gasteiger partial charge is 0.257 e. The van der Waals surface area contributed by atoms with Crippen molar-refractivity contribution in [1.29, 1.82) is 0 Å². The lowest BCUT2D eigenvalue weighted by molar-refractivity contribution is 0.0964. The molecule has 5 aromatic rings. The highest BCUT2D eigenvalue weighted by atomic mass is 32.1. The maximum absolute atomic E-state index is 14.5. The summed E-state index contributed by atoms with van der Waals surface area (Å²) in [5, 5.41) is 3.88. The molecule has 0 spiro atoms. The molecule has 4 heterocycles. The van der Waals surface area contributed by atoms with Gasteiger partial charge in [-0.3, -0.25) is 4.79 Å². The Balaban J connectivity index is 1.59. The van der Waals surface area contributed by atoms with Crippen LogP contribution in [0.5, 0.6) is 5.75 Å². The zero-order valence-electron chi connectivity index (χ0n) is 20.7. The average molecular weight is 518 g/mol. The summed E-state index contributed by atoms with van der Waals surface area (Å²) in [5.74, 6) is 0.529. The highest BCUT2D eigenvalue weighted by Crippen LogP contribution is 2.43. The molecule has 188 valence electrons. The monoisotopic (exact) mass is 517 g/mol. The van der Waals surface area contributed by atoms with Gasteiger partial charge in [-0.15, -0.1) is 0 Å². The highest BCUT2D eigenvalue weighted by molar-refractivity contribution is 7.81. The summed E-state index contributed by atoms with van der Waals surface area (Å²) >= 11 is 4.56. The lowest BCUT2D eigenvalue weighted by atomic mass is 10.0. The Morgan fingerprint density at radius 1 is 1.14 bits per heavy atom. The van der Waals surface area contributed by atoms with Gasteiger partial charge in [-0.1, -0.05) is 18.9 Å². The van der Waals surface area contributed by atoms with Gasteiger partial charge in [0.15, 0.2) is 6.73 Å². The molecule has 0 atom stereocenters. The van der Waals surface area contributed by atoms with Crippen LogP contribution in [0.25, 0.3) is 44.5 Å². The van der Waals surface area contributed by atoms with Crippen molar-refractivity contribution < 1.29 is 18.3 Å². The van der Waals surface area contributed by atoms with Crippen molar-refractivity contribution in [1.82, 2.24) is 14.9 Å². The molecule has 0 saturated heterocycles. The minimum Gasteiger partial charge on any atom is -0.470 e. The summed E-state index contributed by atoms with van der Waals surface area (Å²) < 4.78 is 30.2. The third-order valence-electron chi connectivity index (χ3n) is 6.62. The van der Waals surface area contributed by atoms with Gasteiger partial charge in [-0.05, 0) is 36.4 Å². The molecule has 0 radical (unpaired) electrons. The van der Waals surface area contributed by atoms with E-state index in [-0.39, 0.29) is 18.5 Å². The number of fused-ring (bicyclic) bond motifs is 6. The summed E-state index contributed by atoms with van der Waals surface area (Å²) in [7, 11) is 7.04. The lowest BCUT2D eigenvalue weighted by Crippen LogP contribution is -2.21. The summed E-state index contributed by atoms with van der Waals surface area (Å²) in [6, 6.07) is 14.3. The second-order valence-electron chi connectivity index (χ2n) is 9.09. The van der Waals surface area contributed by atoms with E-state index in [4.69, 9.17) is 14.1 Å². The molecule has 6 rings (SSSR count). The standard InChI is InChI=1S/C27H24FN5O3S/c1-29-26(34)24-16-10-15(20(32(4)37)12-23(16)36-27(24)31(2)3)18-8-9-22-25(30-18)21-11-14-17(28)6-5-7-19(14)33(21)13-35-22/h5-12,37H,13H2,1-4H3,(H,29,34). The topological polar surface area (TPSA) is 75.8 Å². The van der Waals surface area contributed by atoms with Crippen LogP contribution in [0, 0.1) is 5.82 Å². The normalized spacial score (nSPS) is 12.3. The van der Waals surface area contributed by atoms with Crippen molar-refractivity contribution in [3.8, 4) is 28.4 Å². The van der Waals surface area contributed by atoms with Crippen LogP contribution in [0.15, 0.2) is 52.9 Å². The first kappa shape index (κ1) is 23.2. The first-order chi connectivity index (χ1) is 17.8. The van der Waals surface area contributed by atoms with Gasteiger partial charge in [-0.2, -0.15) is 0 Å². The van der Waals surface area contributed by atoms with Crippen molar-refractivity contribution in [2.75, 3.05) is 37.4 Å². The van der Waals surface area contributed by atoms with E-state index >= 15 is 0 Å². The fraction of sp³-hybridized carbons (Fsp3) is 0.185. The van der Waals surface area contributed by atoms with E-state index in [0.29, 0.717) is 44.9 Å². The van der Waals surface area contributed by atoms with Crippen LogP contribution in [-0.4, -0.2) is 43.6 Å². The molecule has 0 fully saturated rings. The van der Waals surface area contributed by atoms with E-state index in [2.05, 4.69) is 18.1 Å². The quantitative estimate of drug-likeness (QED) is 0.315. The van der Waals surface area contributed by atoms with Crippen LogP contribution >= 0.6 is 12.8 Å². The molecular weight excluding hydrogens is 493 g/mol. The van der Waals surface area contributed by atoms with Crippen LogP contribution in [-0.2, 0) is 6.73 Å². The number of halogens is 1. The lowest BCUT2D eigenvalue weighted by Gasteiger charge is -2.22. The first-order valence-electron chi connectivity index (χ1n) is 11.6. The number of nitrogens with zero attached hydrogens (tertiary/aromatic N) is 4. The molecule has 0 unspecified atom stereocenters. The molecular formula is C27H24FN5O3S. The molecule has 0 bridgehead atoms. The molecule has 10 heteroatoms. The number of carbonyl (C=O) groups excluding carboxylic acids is 1. The number of rotatable bonds is 4. The molecule has 0 aliphatic carbocycles. The van der Waals surface area contributed by atoms with E-state index in [9.17, 15) is 9.18 Å². The molecule has 1 N–H and O–H groups in total. The number of aromatic nitrogens is 2. The molecule has 37 heavy (non-hydrogen) atoms. The van der Waals surface area contributed by atoms with Gasteiger partial charge in [0, 0.05) is 50.6 Å². The number of ether oxygens (including phenoxy) is 1. The van der Waals surface area contributed by atoms with Gasteiger partial charge in [-0.25, -0.2) is 9.37 Å². The third kappa shape index (κ3) is 3.51. The Kier molecular flexibility index (Phi) is 5.30. The molecule has 2 aromatic carbocycles. The van der Waals surface area contributed by atoms with E-state index in [1.165, 1.54) is 6.07 Å². The Bertz CT molecular complexity index is 1720. The molecule has 0 saturated carbocycles. The number of benzene rings is 2. The Morgan fingerprint density at radius 2 is 1.95 bits per heavy atom. The summed E-state index contributed by atoms with van der Waals surface area (Å²) in [6.07, 6.45) is 0. The van der Waals surface area contributed by atoms with Gasteiger partial charge >= 0.3 is 0 Å². The predicted molar refractivity (Wildman–Crippen MR) is 146 cm³/mol.